The van der Waals surface area contributed by atoms with Crippen LogP contribution in [0.25, 0.3) is 77.0 Å². The normalized spacial score (nSPS) is 11.8. The van der Waals surface area contributed by atoms with Crippen molar-refractivity contribution in [2.75, 3.05) is 0 Å². The highest BCUT2D eigenvalue weighted by Gasteiger charge is 2.19. The van der Waals surface area contributed by atoms with Crippen LogP contribution in [0.4, 0.5) is 0 Å². The number of rotatable bonds is 4. The molecule has 0 aliphatic heterocycles. The summed E-state index contributed by atoms with van der Waals surface area (Å²) >= 11 is 0. The van der Waals surface area contributed by atoms with Crippen LogP contribution in [0.1, 0.15) is 0 Å². The number of aromatic nitrogens is 6. The van der Waals surface area contributed by atoms with Gasteiger partial charge < -0.3 is 4.74 Å². The molecule has 47 heavy (non-hydrogen) atoms. The van der Waals surface area contributed by atoms with E-state index in [1.54, 1.807) is 12.5 Å². The topological polar surface area (TPSA) is 69.6 Å². The Labute approximate surface area is 268 Å². The zero-order valence-electron chi connectivity index (χ0n) is 24.9. The maximum Gasteiger partial charge on any atom is 0.149 e. The summed E-state index contributed by atoms with van der Waals surface area (Å²) in [5, 5.41) is 6.26. The van der Waals surface area contributed by atoms with Crippen LogP contribution in [0, 0.1) is 0 Å². The first-order chi connectivity index (χ1) is 23.3. The first kappa shape index (κ1) is 25.7. The third-order valence-corrected chi connectivity index (χ3v) is 9.05. The third-order valence-electron chi connectivity index (χ3n) is 9.05. The smallest absolute Gasteiger partial charge is 0.149 e. The fourth-order valence-corrected chi connectivity index (χ4v) is 7.04. The average Bonchev–Trinajstić information content (AvgIpc) is 3.84. The highest BCUT2D eigenvalue weighted by Crippen LogP contribution is 2.43. The molecular weight excluding hydrogens is 580 g/mol. The highest BCUT2D eigenvalue weighted by molar-refractivity contribution is 6.20. The van der Waals surface area contributed by atoms with Crippen LogP contribution in [-0.4, -0.2) is 28.7 Å². The Balaban J connectivity index is 1.19. The Morgan fingerprint density at radius 2 is 1.15 bits per heavy atom. The van der Waals surface area contributed by atoms with Gasteiger partial charge in [0.15, 0.2) is 0 Å². The molecule has 0 spiro atoms. The Morgan fingerprint density at radius 1 is 0.511 bits per heavy atom. The number of nitrogens with zero attached hydrogens (tertiary/aromatic N) is 6. The van der Waals surface area contributed by atoms with Crippen LogP contribution < -0.4 is 4.74 Å². The van der Waals surface area contributed by atoms with Crippen molar-refractivity contribution in [1.29, 1.82) is 0 Å². The van der Waals surface area contributed by atoms with Gasteiger partial charge in [-0.25, -0.2) is 19.9 Å². The molecule has 7 nitrogen and oxygen atoms in total. The molecule has 220 valence electrons. The lowest BCUT2D eigenvalue weighted by Crippen LogP contribution is -1.96. The molecule has 5 heterocycles. The van der Waals surface area contributed by atoms with Crippen LogP contribution in [0.2, 0.25) is 0 Å². The van der Waals surface area contributed by atoms with Gasteiger partial charge >= 0.3 is 0 Å². The maximum atomic E-state index is 6.57. The number of fused-ring (bicyclic) bond motifs is 12. The minimum atomic E-state index is 0.717. The van der Waals surface area contributed by atoms with Gasteiger partial charge in [0, 0.05) is 52.5 Å². The van der Waals surface area contributed by atoms with Crippen molar-refractivity contribution in [1.82, 2.24) is 28.7 Å². The van der Waals surface area contributed by atoms with Crippen molar-refractivity contribution in [2.45, 2.75) is 0 Å². The first-order valence-corrected chi connectivity index (χ1v) is 15.4. The molecule has 0 radical (unpaired) electrons. The van der Waals surface area contributed by atoms with Crippen LogP contribution >= 0.6 is 0 Å². The lowest BCUT2D eigenvalue weighted by Gasteiger charge is -2.18. The standard InChI is InChI=1S/C40H24N6O/c1-3-7-25(8-4-1)29-15-16-35-37(36(29)26-9-5-2-6-10-26)31-14-12-28(22-33(31)38-42-17-19-45(35)38)47-27-11-13-30-32(21-27)39-43-18-20-46(39)40-34(30)23-41-24-44-40/h1-24H. The van der Waals surface area contributed by atoms with Gasteiger partial charge in [0.1, 0.15) is 34.8 Å². The van der Waals surface area contributed by atoms with E-state index >= 15 is 0 Å². The Hall–Kier alpha value is -6.60. The van der Waals surface area contributed by atoms with Crippen molar-refractivity contribution < 1.29 is 4.74 Å². The second kappa shape index (κ2) is 9.95. The molecule has 5 aromatic carbocycles. The van der Waals surface area contributed by atoms with E-state index in [0.717, 1.165) is 66.5 Å². The average molecular weight is 605 g/mol. The summed E-state index contributed by atoms with van der Waals surface area (Å²) in [6, 6.07) is 38.1. The van der Waals surface area contributed by atoms with E-state index in [2.05, 4.69) is 116 Å². The van der Waals surface area contributed by atoms with E-state index < -0.39 is 0 Å². The molecule has 0 aliphatic rings. The third kappa shape index (κ3) is 3.87. The number of benzene rings is 5. The van der Waals surface area contributed by atoms with Crippen molar-refractivity contribution in [3.8, 4) is 33.8 Å². The van der Waals surface area contributed by atoms with Gasteiger partial charge in [-0.1, -0.05) is 66.7 Å². The summed E-state index contributed by atoms with van der Waals surface area (Å²) in [5.41, 5.74) is 8.35. The zero-order chi connectivity index (χ0) is 30.9. The number of imidazole rings is 2. The number of ether oxygens (including phenoxy) is 1. The lowest BCUT2D eigenvalue weighted by molar-refractivity contribution is 0.484. The van der Waals surface area contributed by atoms with E-state index in [9.17, 15) is 0 Å². The summed E-state index contributed by atoms with van der Waals surface area (Å²) in [6.45, 7) is 0. The lowest BCUT2D eigenvalue weighted by atomic mass is 9.89. The molecule has 10 rings (SSSR count). The van der Waals surface area contributed by atoms with Crippen LogP contribution in [0.5, 0.6) is 11.5 Å². The van der Waals surface area contributed by atoms with E-state index in [1.807, 2.05) is 41.3 Å². The highest BCUT2D eigenvalue weighted by atomic mass is 16.5. The summed E-state index contributed by atoms with van der Waals surface area (Å²) in [5.74, 6) is 1.44. The predicted octanol–water partition coefficient (Wildman–Crippen LogP) is 9.51. The summed E-state index contributed by atoms with van der Waals surface area (Å²) in [6.07, 6.45) is 11.0. The fraction of sp³-hybridized carbons (Fsp3) is 0. The van der Waals surface area contributed by atoms with Crippen LogP contribution in [-0.2, 0) is 0 Å². The number of hydrogen-bond donors (Lipinski definition) is 0. The van der Waals surface area contributed by atoms with Crippen molar-refractivity contribution in [3.05, 3.63) is 147 Å². The van der Waals surface area contributed by atoms with Gasteiger partial charge in [-0.05, 0) is 75.5 Å². The van der Waals surface area contributed by atoms with Gasteiger partial charge in [0.2, 0.25) is 0 Å². The van der Waals surface area contributed by atoms with Gasteiger partial charge in [0.25, 0.3) is 0 Å². The molecule has 0 saturated carbocycles. The molecule has 0 bridgehead atoms. The zero-order valence-corrected chi connectivity index (χ0v) is 24.9. The second-order valence-electron chi connectivity index (χ2n) is 11.6. The SMILES string of the molecule is c1ccc(-c2ccc3c(c2-c2ccccc2)c2ccc(Oc4ccc5c6cncnc6n6ccnc6c5c4)cc2c2nccn32)cc1. The Kier molecular flexibility index (Phi) is 5.44. The van der Waals surface area contributed by atoms with Crippen molar-refractivity contribution in [3.63, 3.8) is 0 Å². The summed E-state index contributed by atoms with van der Waals surface area (Å²) in [7, 11) is 0. The van der Waals surface area contributed by atoms with Crippen LogP contribution in [0.3, 0.4) is 0 Å². The quantitative estimate of drug-likeness (QED) is 0.187. The Morgan fingerprint density at radius 3 is 1.91 bits per heavy atom. The number of hydrogen-bond acceptors (Lipinski definition) is 5. The Bertz CT molecular complexity index is 2820. The van der Waals surface area contributed by atoms with Gasteiger partial charge in [-0.2, -0.15) is 0 Å². The molecule has 5 aromatic heterocycles. The van der Waals surface area contributed by atoms with E-state index in [4.69, 9.17) is 9.72 Å². The molecule has 0 N–H and O–H groups in total. The molecule has 0 saturated heterocycles. The van der Waals surface area contributed by atoms with Gasteiger partial charge in [0.05, 0.1) is 5.52 Å². The summed E-state index contributed by atoms with van der Waals surface area (Å²) < 4.78 is 10.7. The van der Waals surface area contributed by atoms with Crippen molar-refractivity contribution >= 4 is 54.8 Å². The summed E-state index contributed by atoms with van der Waals surface area (Å²) in [4.78, 5) is 18.2. The minimum Gasteiger partial charge on any atom is -0.457 e. The molecule has 10 aromatic rings. The van der Waals surface area contributed by atoms with Gasteiger partial charge in [-0.15, -0.1) is 0 Å². The molecule has 0 unspecified atom stereocenters. The molecule has 0 aliphatic carbocycles. The molecular formula is C40H24N6O. The van der Waals surface area contributed by atoms with E-state index in [-0.39, 0.29) is 0 Å². The minimum absolute atomic E-state index is 0.717. The molecule has 7 heteroatoms. The fourth-order valence-electron chi connectivity index (χ4n) is 7.04. The monoisotopic (exact) mass is 604 g/mol. The maximum absolute atomic E-state index is 6.57. The van der Waals surface area contributed by atoms with E-state index in [0.29, 0.717) is 0 Å². The number of pyridine rings is 2. The van der Waals surface area contributed by atoms with Crippen molar-refractivity contribution in [2.24, 2.45) is 0 Å². The largest absolute Gasteiger partial charge is 0.457 e. The molecule has 0 fully saturated rings. The van der Waals surface area contributed by atoms with Crippen LogP contribution in [0.15, 0.2) is 147 Å². The second-order valence-corrected chi connectivity index (χ2v) is 11.6. The first-order valence-electron chi connectivity index (χ1n) is 15.4. The van der Waals surface area contributed by atoms with E-state index in [1.165, 1.54) is 22.1 Å². The predicted molar refractivity (Wildman–Crippen MR) is 187 cm³/mol. The van der Waals surface area contributed by atoms with Gasteiger partial charge in [-0.3, -0.25) is 8.80 Å². The molecule has 0 amide bonds. The molecule has 0 atom stereocenters.